The average molecular weight is 332 g/mol. The van der Waals surface area contributed by atoms with Crippen molar-refractivity contribution in [1.82, 2.24) is 0 Å². The quantitative estimate of drug-likeness (QED) is 0.508. The molecule has 24 heavy (non-hydrogen) atoms. The van der Waals surface area contributed by atoms with Gasteiger partial charge in [0.1, 0.15) is 11.4 Å². The second-order valence-corrected chi connectivity index (χ2v) is 6.63. The fourth-order valence-corrected chi connectivity index (χ4v) is 3.02. The molecule has 1 heterocycles. The molecule has 5 heteroatoms. The fourth-order valence-electron chi connectivity index (χ4n) is 3.02. The lowest BCUT2D eigenvalue weighted by Gasteiger charge is -2.35. The number of quaternary nitrogens is 1. The Balaban J connectivity index is 2.01. The smallest absolute Gasteiger partial charge is 0.331 e. The van der Waals surface area contributed by atoms with Crippen LogP contribution in [0.15, 0.2) is 30.3 Å². The molecule has 0 aliphatic carbocycles. The van der Waals surface area contributed by atoms with Crippen LogP contribution in [0.5, 0.6) is 5.75 Å². The topological polar surface area (TPSA) is 69.2 Å². The minimum absolute atomic E-state index is 0.382. The van der Waals surface area contributed by atoms with Crippen LogP contribution in [-0.4, -0.2) is 30.6 Å². The van der Waals surface area contributed by atoms with Gasteiger partial charge >= 0.3 is 11.9 Å². The first-order chi connectivity index (χ1) is 11.4. The Kier molecular flexibility index (Phi) is 6.15. The maximum atomic E-state index is 12.2. The molecule has 1 aromatic rings. The van der Waals surface area contributed by atoms with Crippen LogP contribution in [0.25, 0.3) is 6.08 Å². The van der Waals surface area contributed by atoms with E-state index in [0.717, 1.165) is 25.9 Å². The Bertz CT molecular complexity index is 616. The lowest BCUT2D eigenvalue weighted by atomic mass is 9.83. The number of carbonyl (C=O) groups is 2. The summed E-state index contributed by atoms with van der Waals surface area (Å²) in [5.74, 6) is 0.0326. The van der Waals surface area contributed by atoms with E-state index in [9.17, 15) is 9.59 Å². The van der Waals surface area contributed by atoms with Crippen LogP contribution >= 0.6 is 0 Å². The number of esters is 2. The van der Waals surface area contributed by atoms with E-state index < -0.39 is 11.6 Å². The zero-order valence-electron chi connectivity index (χ0n) is 14.6. The fraction of sp³-hybridized carbons (Fsp3) is 0.474. The summed E-state index contributed by atoms with van der Waals surface area (Å²) >= 11 is 0. The van der Waals surface area contributed by atoms with E-state index in [1.165, 1.54) is 13.0 Å². The Morgan fingerprint density at radius 2 is 1.88 bits per heavy atom. The van der Waals surface area contributed by atoms with Gasteiger partial charge in [-0.1, -0.05) is 18.2 Å². The maximum Gasteiger partial charge on any atom is 0.331 e. The number of nitrogens with two attached hydrogens (primary N) is 1. The minimum atomic E-state index is -0.481. The number of rotatable bonds is 5. The molecule has 0 amide bonds. The van der Waals surface area contributed by atoms with Crippen molar-refractivity contribution in [3.63, 3.8) is 0 Å². The lowest BCUT2D eigenvalue weighted by molar-refractivity contribution is -0.665. The van der Waals surface area contributed by atoms with E-state index in [4.69, 9.17) is 9.47 Å². The van der Waals surface area contributed by atoms with Gasteiger partial charge in [0, 0.05) is 37.3 Å². The zero-order valence-corrected chi connectivity index (χ0v) is 14.6. The van der Waals surface area contributed by atoms with Gasteiger partial charge in [-0.15, -0.1) is 0 Å². The van der Waals surface area contributed by atoms with Gasteiger partial charge in [-0.05, 0) is 26.0 Å². The highest BCUT2D eigenvalue weighted by atomic mass is 16.6. The van der Waals surface area contributed by atoms with Crippen molar-refractivity contribution in [2.45, 2.75) is 39.2 Å². The summed E-state index contributed by atoms with van der Waals surface area (Å²) in [6.07, 6.45) is 5.11. The lowest BCUT2D eigenvalue weighted by Crippen LogP contribution is -2.86. The van der Waals surface area contributed by atoms with Crippen LogP contribution in [0.1, 0.15) is 39.2 Å². The van der Waals surface area contributed by atoms with Crippen molar-refractivity contribution >= 4 is 18.0 Å². The summed E-state index contributed by atoms with van der Waals surface area (Å²) in [5.41, 5.74) is 0.181. The van der Waals surface area contributed by atoms with Gasteiger partial charge in [0.05, 0.1) is 13.1 Å². The molecule has 130 valence electrons. The summed E-state index contributed by atoms with van der Waals surface area (Å²) < 4.78 is 10.8. The number of para-hydroxylation sites is 1. The average Bonchev–Trinajstić information content (AvgIpc) is 2.54. The summed E-state index contributed by atoms with van der Waals surface area (Å²) in [6.45, 7) is 7.45. The third-order valence-electron chi connectivity index (χ3n) is 4.36. The molecule has 1 aromatic carbocycles. The third kappa shape index (κ3) is 5.20. The van der Waals surface area contributed by atoms with Crippen molar-refractivity contribution in [1.29, 1.82) is 0 Å². The van der Waals surface area contributed by atoms with Crippen molar-refractivity contribution in [3.8, 4) is 5.75 Å². The molecule has 0 aromatic heterocycles. The molecular formula is C19H26NO4+. The highest BCUT2D eigenvalue weighted by Gasteiger charge is 2.34. The Morgan fingerprint density at radius 3 is 2.54 bits per heavy atom. The van der Waals surface area contributed by atoms with Gasteiger partial charge < -0.3 is 14.8 Å². The largest absolute Gasteiger partial charge is 0.456 e. The predicted molar refractivity (Wildman–Crippen MR) is 91.3 cm³/mol. The number of carbonyl (C=O) groups excluding carboxylic acids is 2. The zero-order chi connectivity index (χ0) is 17.6. The van der Waals surface area contributed by atoms with Gasteiger partial charge in [0.2, 0.25) is 0 Å². The van der Waals surface area contributed by atoms with Crippen LogP contribution in [0.4, 0.5) is 0 Å². The molecule has 2 rings (SSSR count). The second-order valence-electron chi connectivity index (χ2n) is 6.63. The van der Waals surface area contributed by atoms with Gasteiger partial charge in [0.15, 0.2) is 0 Å². The first-order valence-electron chi connectivity index (χ1n) is 8.38. The maximum absolute atomic E-state index is 12.2. The summed E-state index contributed by atoms with van der Waals surface area (Å²) in [6, 6.07) is 7.07. The van der Waals surface area contributed by atoms with Gasteiger partial charge in [-0.25, -0.2) is 4.79 Å². The van der Waals surface area contributed by atoms with E-state index in [1.807, 2.05) is 19.9 Å². The highest BCUT2D eigenvalue weighted by molar-refractivity contribution is 5.88. The molecular weight excluding hydrogens is 306 g/mol. The first kappa shape index (κ1) is 18.2. The Morgan fingerprint density at radius 1 is 1.21 bits per heavy atom. The van der Waals surface area contributed by atoms with Crippen LogP contribution in [-0.2, 0) is 14.3 Å². The normalized spacial score (nSPS) is 16.1. The molecule has 0 bridgehead atoms. The number of piperidine rings is 1. The number of hydrogen-bond donors (Lipinski definition) is 1. The molecule has 1 fully saturated rings. The first-order valence-corrected chi connectivity index (χ1v) is 8.38. The van der Waals surface area contributed by atoms with E-state index in [1.54, 1.807) is 24.3 Å². The highest BCUT2D eigenvalue weighted by Crippen LogP contribution is 2.28. The van der Waals surface area contributed by atoms with Crippen molar-refractivity contribution in [3.05, 3.63) is 35.9 Å². The Hall–Kier alpha value is -2.14. The van der Waals surface area contributed by atoms with Crippen LogP contribution in [0.2, 0.25) is 0 Å². The number of hydrogen-bond acceptors (Lipinski definition) is 4. The van der Waals surface area contributed by atoms with Gasteiger partial charge in [0.25, 0.3) is 0 Å². The molecule has 0 unspecified atom stereocenters. The van der Waals surface area contributed by atoms with E-state index >= 15 is 0 Å². The molecule has 1 aliphatic rings. The third-order valence-corrected chi connectivity index (χ3v) is 4.36. The summed E-state index contributed by atoms with van der Waals surface area (Å²) in [7, 11) is 0. The van der Waals surface area contributed by atoms with Crippen molar-refractivity contribution in [2.24, 2.45) is 5.92 Å². The van der Waals surface area contributed by atoms with E-state index in [0.29, 0.717) is 17.2 Å². The summed E-state index contributed by atoms with van der Waals surface area (Å²) in [5, 5.41) is 2.29. The molecule has 5 nitrogen and oxygen atoms in total. The van der Waals surface area contributed by atoms with Gasteiger partial charge in [-0.2, -0.15) is 0 Å². The van der Waals surface area contributed by atoms with Crippen LogP contribution < -0.4 is 10.1 Å². The van der Waals surface area contributed by atoms with E-state index in [-0.39, 0.29) is 5.97 Å². The molecule has 1 aliphatic heterocycles. The molecule has 0 atom stereocenters. The van der Waals surface area contributed by atoms with Gasteiger partial charge in [-0.3, -0.25) is 4.79 Å². The van der Waals surface area contributed by atoms with E-state index in [2.05, 4.69) is 5.32 Å². The SMILES string of the molecule is CC(=O)Oc1ccccc1/C=C/C(=O)OC(C)(C)C1CC[NH2+]CC1. The van der Waals surface area contributed by atoms with Crippen molar-refractivity contribution < 1.29 is 24.4 Å². The number of ether oxygens (including phenoxy) is 2. The molecule has 2 N–H and O–H groups in total. The molecule has 0 spiro atoms. The molecule has 0 saturated carbocycles. The predicted octanol–water partition coefficient (Wildman–Crippen LogP) is 1.92. The standard InChI is InChI=1S/C19H25NO4/c1-14(21)23-17-7-5-4-6-15(17)8-9-18(22)24-19(2,3)16-10-12-20-13-11-16/h4-9,16,20H,10-13H2,1-3H3/p+1/b9-8+. The number of benzene rings is 1. The van der Waals surface area contributed by atoms with Crippen LogP contribution in [0.3, 0.4) is 0 Å². The molecule has 1 saturated heterocycles. The summed E-state index contributed by atoms with van der Waals surface area (Å²) in [4.78, 5) is 23.3. The monoisotopic (exact) mass is 332 g/mol. The Labute approximate surface area is 143 Å². The second kappa shape index (κ2) is 8.11. The minimum Gasteiger partial charge on any atom is -0.456 e. The van der Waals surface area contributed by atoms with Crippen LogP contribution in [0, 0.1) is 5.92 Å². The van der Waals surface area contributed by atoms with Crippen molar-refractivity contribution in [2.75, 3.05) is 13.1 Å². The molecule has 0 radical (unpaired) electrons.